The number of amides is 1. The normalized spacial score (nSPS) is 11.3. The molecular weight excluding hydrogens is 254 g/mol. The van der Waals surface area contributed by atoms with Crippen molar-refractivity contribution in [1.29, 1.82) is 0 Å². The Labute approximate surface area is 120 Å². The van der Waals surface area contributed by atoms with Crippen molar-refractivity contribution in [3.8, 4) is 11.8 Å². The van der Waals surface area contributed by atoms with E-state index in [9.17, 15) is 4.79 Å². The predicted octanol–water partition coefficient (Wildman–Crippen LogP) is 1.63. The van der Waals surface area contributed by atoms with Gasteiger partial charge in [-0.15, -0.1) is 0 Å². The summed E-state index contributed by atoms with van der Waals surface area (Å²) < 4.78 is 5.06. The third-order valence-corrected chi connectivity index (χ3v) is 2.69. The van der Waals surface area contributed by atoms with E-state index in [2.05, 4.69) is 17.2 Å². The second-order valence-corrected chi connectivity index (χ2v) is 4.32. The minimum atomic E-state index is -0.119. The molecule has 2 N–H and O–H groups in total. The highest BCUT2D eigenvalue weighted by atomic mass is 16.5. The molecule has 0 radical (unpaired) electrons. The molecule has 0 aromatic heterocycles. The Kier molecular flexibility index (Phi) is 7.41. The van der Waals surface area contributed by atoms with E-state index in [1.54, 1.807) is 0 Å². The second kappa shape index (κ2) is 9.13. The van der Waals surface area contributed by atoms with E-state index in [0.29, 0.717) is 13.0 Å². The van der Waals surface area contributed by atoms with E-state index in [0.717, 1.165) is 11.1 Å². The number of nitrogens with one attached hydrogen (secondary N) is 1. The van der Waals surface area contributed by atoms with Gasteiger partial charge in [0.25, 0.3) is 0 Å². The number of rotatable bonds is 6. The molecule has 4 nitrogen and oxygen atoms in total. The summed E-state index contributed by atoms with van der Waals surface area (Å²) in [4.78, 5) is 11.5. The van der Waals surface area contributed by atoms with Crippen molar-refractivity contribution in [2.45, 2.75) is 26.3 Å². The zero-order chi connectivity index (χ0) is 14.8. The van der Waals surface area contributed by atoms with E-state index in [1.807, 2.05) is 38.1 Å². The molecule has 1 aromatic rings. The molecule has 1 aromatic carbocycles. The fourth-order valence-electron chi connectivity index (χ4n) is 1.64. The van der Waals surface area contributed by atoms with Crippen molar-refractivity contribution in [2.75, 3.05) is 19.8 Å². The quantitative estimate of drug-likeness (QED) is 0.776. The van der Waals surface area contributed by atoms with E-state index in [1.165, 1.54) is 0 Å². The third kappa shape index (κ3) is 5.87. The van der Waals surface area contributed by atoms with Gasteiger partial charge in [0, 0.05) is 18.6 Å². The first kappa shape index (κ1) is 16.2. The van der Waals surface area contributed by atoms with Gasteiger partial charge in [0.1, 0.15) is 6.61 Å². The molecule has 1 unspecified atom stereocenters. The maximum atomic E-state index is 11.5. The lowest BCUT2D eigenvalue weighted by atomic mass is 10.1. The Bertz CT molecular complexity index is 471. The molecule has 0 saturated carbocycles. The van der Waals surface area contributed by atoms with Gasteiger partial charge in [-0.3, -0.25) is 4.79 Å². The first-order chi connectivity index (χ1) is 9.67. The van der Waals surface area contributed by atoms with Gasteiger partial charge in [0.2, 0.25) is 5.91 Å². The van der Waals surface area contributed by atoms with Crippen LogP contribution in [0.25, 0.3) is 0 Å². The van der Waals surface area contributed by atoms with Crippen LogP contribution in [0, 0.1) is 11.8 Å². The standard InChI is InChI=1S/C16H21NO3/c1-3-20-12-16(19)17-13(2)15-9-7-14(8-10-15)6-4-5-11-18/h7-10,13,18H,3,5,11-12H2,1-2H3,(H,17,19). The summed E-state index contributed by atoms with van der Waals surface area (Å²) in [5.74, 6) is 5.71. The highest BCUT2D eigenvalue weighted by Crippen LogP contribution is 2.12. The van der Waals surface area contributed by atoms with Gasteiger partial charge in [0.15, 0.2) is 0 Å². The van der Waals surface area contributed by atoms with Gasteiger partial charge < -0.3 is 15.2 Å². The average Bonchev–Trinajstić information content (AvgIpc) is 2.46. The summed E-state index contributed by atoms with van der Waals surface area (Å²) in [6.45, 7) is 4.48. The molecule has 0 heterocycles. The number of hydrogen-bond donors (Lipinski definition) is 2. The number of benzene rings is 1. The van der Waals surface area contributed by atoms with Crippen LogP contribution in [-0.2, 0) is 9.53 Å². The Hall–Kier alpha value is -1.83. The van der Waals surface area contributed by atoms with Crippen LogP contribution in [0.3, 0.4) is 0 Å². The lowest BCUT2D eigenvalue weighted by Gasteiger charge is -2.14. The van der Waals surface area contributed by atoms with Gasteiger partial charge in [0.05, 0.1) is 12.6 Å². The third-order valence-electron chi connectivity index (χ3n) is 2.69. The van der Waals surface area contributed by atoms with Gasteiger partial charge in [-0.05, 0) is 31.5 Å². The Morgan fingerprint density at radius 3 is 2.70 bits per heavy atom. The fraction of sp³-hybridized carbons (Fsp3) is 0.438. The zero-order valence-electron chi connectivity index (χ0n) is 12.0. The molecule has 20 heavy (non-hydrogen) atoms. The van der Waals surface area contributed by atoms with Crippen LogP contribution in [0.4, 0.5) is 0 Å². The fourth-order valence-corrected chi connectivity index (χ4v) is 1.64. The number of aliphatic hydroxyl groups excluding tert-OH is 1. The number of carbonyl (C=O) groups is 1. The lowest BCUT2D eigenvalue weighted by Crippen LogP contribution is -2.30. The van der Waals surface area contributed by atoms with Crippen LogP contribution >= 0.6 is 0 Å². The predicted molar refractivity (Wildman–Crippen MR) is 78.1 cm³/mol. The van der Waals surface area contributed by atoms with Crippen molar-refractivity contribution in [3.05, 3.63) is 35.4 Å². The summed E-state index contributed by atoms with van der Waals surface area (Å²) in [5, 5.41) is 11.5. The molecule has 4 heteroatoms. The van der Waals surface area contributed by atoms with Crippen LogP contribution in [0.1, 0.15) is 37.4 Å². The molecule has 0 bridgehead atoms. The minimum Gasteiger partial charge on any atom is -0.395 e. The van der Waals surface area contributed by atoms with Crippen LogP contribution < -0.4 is 5.32 Å². The zero-order valence-corrected chi connectivity index (χ0v) is 12.0. The molecule has 0 aliphatic heterocycles. The summed E-state index contributed by atoms with van der Waals surface area (Å²) in [6, 6.07) is 7.63. The molecule has 1 atom stereocenters. The van der Waals surface area contributed by atoms with Crippen LogP contribution in [0.5, 0.6) is 0 Å². The molecule has 108 valence electrons. The molecular formula is C16H21NO3. The SMILES string of the molecule is CCOCC(=O)NC(C)c1ccc(C#CCCO)cc1. The second-order valence-electron chi connectivity index (χ2n) is 4.32. The number of hydrogen-bond acceptors (Lipinski definition) is 3. The largest absolute Gasteiger partial charge is 0.395 e. The highest BCUT2D eigenvalue weighted by Gasteiger charge is 2.08. The van der Waals surface area contributed by atoms with Crippen LogP contribution in [0.15, 0.2) is 24.3 Å². The molecule has 0 fully saturated rings. The molecule has 1 amide bonds. The maximum absolute atomic E-state index is 11.5. The number of ether oxygens (including phenoxy) is 1. The lowest BCUT2D eigenvalue weighted by molar-refractivity contribution is -0.126. The molecule has 0 aliphatic rings. The van der Waals surface area contributed by atoms with Crippen LogP contribution in [0.2, 0.25) is 0 Å². The minimum absolute atomic E-state index is 0.0672. The molecule has 1 rings (SSSR count). The smallest absolute Gasteiger partial charge is 0.246 e. The summed E-state index contributed by atoms with van der Waals surface area (Å²) in [6.07, 6.45) is 0.478. The van der Waals surface area contributed by atoms with Gasteiger partial charge in [-0.1, -0.05) is 24.0 Å². The van der Waals surface area contributed by atoms with Crippen molar-refractivity contribution in [1.82, 2.24) is 5.32 Å². The average molecular weight is 275 g/mol. The van der Waals surface area contributed by atoms with E-state index in [4.69, 9.17) is 9.84 Å². The van der Waals surface area contributed by atoms with Crippen molar-refractivity contribution in [2.24, 2.45) is 0 Å². The number of aliphatic hydroxyl groups is 1. The van der Waals surface area contributed by atoms with Crippen molar-refractivity contribution < 1.29 is 14.6 Å². The Balaban J connectivity index is 2.55. The highest BCUT2D eigenvalue weighted by molar-refractivity contribution is 5.77. The number of carbonyl (C=O) groups excluding carboxylic acids is 1. The van der Waals surface area contributed by atoms with E-state index in [-0.39, 0.29) is 25.2 Å². The Morgan fingerprint density at radius 2 is 2.10 bits per heavy atom. The van der Waals surface area contributed by atoms with Crippen LogP contribution in [-0.4, -0.2) is 30.8 Å². The summed E-state index contributed by atoms with van der Waals surface area (Å²) in [5.41, 5.74) is 1.91. The van der Waals surface area contributed by atoms with Crippen molar-refractivity contribution in [3.63, 3.8) is 0 Å². The topological polar surface area (TPSA) is 58.6 Å². The summed E-state index contributed by atoms with van der Waals surface area (Å²) in [7, 11) is 0. The monoisotopic (exact) mass is 275 g/mol. The maximum Gasteiger partial charge on any atom is 0.246 e. The van der Waals surface area contributed by atoms with Gasteiger partial charge >= 0.3 is 0 Å². The molecule has 0 saturated heterocycles. The van der Waals surface area contributed by atoms with Gasteiger partial charge in [-0.25, -0.2) is 0 Å². The molecule has 0 aliphatic carbocycles. The Morgan fingerprint density at radius 1 is 1.40 bits per heavy atom. The van der Waals surface area contributed by atoms with E-state index >= 15 is 0 Å². The van der Waals surface area contributed by atoms with Crippen molar-refractivity contribution >= 4 is 5.91 Å². The summed E-state index contributed by atoms with van der Waals surface area (Å²) >= 11 is 0. The first-order valence-corrected chi connectivity index (χ1v) is 6.74. The van der Waals surface area contributed by atoms with Gasteiger partial charge in [-0.2, -0.15) is 0 Å². The first-order valence-electron chi connectivity index (χ1n) is 6.74. The van der Waals surface area contributed by atoms with E-state index < -0.39 is 0 Å². The molecule has 0 spiro atoms.